The van der Waals surface area contributed by atoms with Crippen molar-refractivity contribution >= 4 is 11.8 Å². The van der Waals surface area contributed by atoms with Crippen LogP contribution in [0.1, 0.15) is 46.0 Å². The first-order valence-electron chi connectivity index (χ1n) is 5.68. The number of hydrogen-bond donors (Lipinski definition) is 1. The molecule has 0 saturated carbocycles. The lowest BCUT2D eigenvalue weighted by Gasteiger charge is -2.16. The van der Waals surface area contributed by atoms with Crippen LogP contribution < -0.4 is 5.32 Å². The number of nitrogens with one attached hydrogen (secondary N) is 1. The smallest absolute Gasteiger partial charge is 0.0172 e. The maximum Gasteiger partial charge on any atom is 0.0172 e. The summed E-state index contributed by atoms with van der Waals surface area (Å²) >= 11 is 2.15. The number of rotatable bonds is 6. The van der Waals surface area contributed by atoms with Gasteiger partial charge in [-0.25, -0.2) is 0 Å². The Morgan fingerprint density at radius 1 is 1.54 bits per heavy atom. The van der Waals surface area contributed by atoms with E-state index in [0.29, 0.717) is 0 Å². The van der Waals surface area contributed by atoms with E-state index in [1.807, 2.05) is 0 Å². The van der Waals surface area contributed by atoms with Gasteiger partial charge < -0.3 is 5.32 Å². The van der Waals surface area contributed by atoms with Crippen molar-refractivity contribution in [3.05, 3.63) is 0 Å². The molecule has 1 aliphatic rings. The molecule has 0 spiro atoms. The van der Waals surface area contributed by atoms with Gasteiger partial charge in [-0.3, -0.25) is 0 Å². The molecule has 1 saturated heterocycles. The van der Waals surface area contributed by atoms with Gasteiger partial charge in [0.25, 0.3) is 0 Å². The summed E-state index contributed by atoms with van der Waals surface area (Å²) in [5.41, 5.74) is 0. The summed E-state index contributed by atoms with van der Waals surface area (Å²) in [4.78, 5) is 0. The minimum absolute atomic E-state index is 0.723. The summed E-state index contributed by atoms with van der Waals surface area (Å²) < 4.78 is 0. The predicted molar refractivity (Wildman–Crippen MR) is 62.5 cm³/mol. The molecule has 0 amide bonds. The third-order valence-corrected chi connectivity index (χ3v) is 4.11. The summed E-state index contributed by atoms with van der Waals surface area (Å²) in [6, 6.07) is 0.723. The molecule has 0 aromatic carbocycles. The standard InChI is InChI=1S/C11H23NS/c1-3-4-6-10(2)12-9-11-7-5-8-13-11/h10-12H,3-9H2,1-2H3. The average molecular weight is 201 g/mol. The van der Waals surface area contributed by atoms with Gasteiger partial charge in [-0.2, -0.15) is 11.8 Å². The molecule has 1 heterocycles. The molecule has 0 aliphatic carbocycles. The predicted octanol–water partition coefficient (Wildman–Crippen LogP) is 3.05. The van der Waals surface area contributed by atoms with Gasteiger partial charge in [0, 0.05) is 17.8 Å². The Kier molecular flexibility index (Phi) is 5.88. The molecule has 1 aliphatic heterocycles. The minimum atomic E-state index is 0.723. The monoisotopic (exact) mass is 201 g/mol. The lowest BCUT2D eigenvalue weighted by atomic mass is 10.1. The maximum absolute atomic E-state index is 3.64. The fourth-order valence-corrected chi connectivity index (χ4v) is 2.96. The molecule has 0 aromatic heterocycles. The first-order valence-corrected chi connectivity index (χ1v) is 6.72. The minimum Gasteiger partial charge on any atom is -0.313 e. The summed E-state index contributed by atoms with van der Waals surface area (Å²) in [7, 11) is 0. The van der Waals surface area contributed by atoms with Crippen LogP contribution in [0.15, 0.2) is 0 Å². The van der Waals surface area contributed by atoms with Crippen LogP contribution in [0.4, 0.5) is 0 Å². The molecule has 78 valence electrons. The van der Waals surface area contributed by atoms with E-state index in [-0.39, 0.29) is 0 Å². The van der Waals surface area contributed by atoms with Crippen LogP contribution in [0, 0.1) is 0 Å². The summed E-state index contributed by atoms with van der Waals surface area (Å²) in [5.74, 6) is 1.38. The summed E-state index contributed by atoms with van der Waals surface area (Å²) in [6.07, 6.45) is 6.89. The number of thioether (sulfide) groups is 1. The Labute approximate surface area is 87.1 Å². The van der Waals surface area contributed by atoms with Crippen LogP contribution in [0.5, 0.6) is 0 Å². The molecule has 13 heavy (non-hydrogen) atoms. The van der Waals surface area contributed by atoms with E-state index < -0.39 is 0 Å². The Morgan fingerprint density at radius 3 is 3.00 bits per heavy atom. The molecule has 2 unspecified atom stereocenters. The molecule has 0 radical (unpaired) electrons. The Morgan fingerprint density at radius 2 is 2.38 bits per heavy atom. The zero-order valence-corrected chi connectivity index (χ0v) is 9.83. The highest BCUT2D eigenvalue weighted by atomic mass is 32.2. The Balaban J connectivity index is 1.97. The Hall–Kier alpha value is 0.310. The molecule has 1 N–H and O–H groups in total. The maximum atomic E-state index is 3.64. The van der Waals surface area contributed by atoms with Crippen molar-refractivity contribution in [1.29, 1.82) is 0 Å². The van der Waals surface area contributed by atoms with Gasteiger partial charge in [0.1, 0.15) is 0 Å². The van der Waals surface area contributed by atoms with Crippen molar-refractivity contribution in [2.75, 3.05) is 12.3 Å². The molecule has 2 heteroatoms. The summed E-state index contributed by atoms with van der Waals surface area (Å²) in [5, 5.41) is 4.55. The largest absolute Gasteiger partial charge is 0.313 e. The highest BCUT2D eigenvalue weighted by Gasteiger charge is 2.15. The second-order valence-corrected chi connectivity index (χ2v) is 5.49. The number of hydrogen-bond acceptors (Lipinski definition) is 2. The van der Waals surface area contributed by atoms with Crippen LogP contribution in [0.3, 0.4) is 0 Å². The third-order valence-electron chi connectivity index (χ3n) is 2.71. The molecule has 2 atom stereocenters. The van der Waals surface area contributed by atoms with Crippen molar-refractivity contribution in [2.45, 2.75) is 57.2 Å². The van der Waals surface area contributed by atoms with E-state index >= 15 is 0 Å². The van der Waals surface area contributed by atoms with Crippen molar-refractivity contribution in [3.63, 3.8) is 0 Å². The molecule has 1 nitrogen and oxygen atoms in total. The van der Waals surface area contributed by atoms with Crippen LogP contribution in [-0.4, -0.2) is 23.6 Å². The van der Waals surface area contributed by atoms with Crippen LogP contribution in [0.2, 0.25) is 0 Å². The molecule has 1 fully saturated rings. The quantitative estimate of drug-likeness (QED) is 0.709. The van der Waals surface area contributed by atoms with E-state index in [1.54, 1.807) is 0 Å². The second-order valence-electron chi connectivity index (χ2n) is 4.09. The average Bonchev–Trinajstić information content (AvgIpc) is 2.64. The van der Waals surface area contributed by atoms with Gasteiger partial charge in [0.2, 0.25) is 0 Å². The third kappa shape index (κ3) is 4.92. The lowest BCUT2D eigenvalue weighted by Crippen LogP contribution is -2.31. The van der Waals surface area contributed by atoms with Gasteiger partial charge in [-0.15, -0.1) is 0 Å². The molecular formula is C11H23NS. The van der Waals surface area contributed by atoms with E-state index in [9.17, 15) is 0 Å². The fraction of sp³-hybridized carbons (Fsp3) is 1.00. The first-order chi connectivity index (χ1) is 6.33. The highest BCUT2D eigenvalue weighted by molar-refractivity contribution is 8.00. The van der Waals surface area contributed by atoms with Gasteiger partial charge in [-0.1, -0.05) is 19.8 Å². The van der Waals surface area contributed by atoms with E-state index in [4.69, 9.17) is 0 Å². The lowest BCUT2D eigenvalue weighted by molar-refractivity contribution is 0.491. The van der Waals surface area contributed by atoms with Gasteiger partial charge in [0.05, 0.1) is 0 Å². The van der Waals surface area contributed by atoms with Crippen molar-refractivity contribution in [2.24, 2.45) is 0 Å². The molecule has 0 bridgehead atoms. The van der Waals surface area contributed by atoms with Gasteiger partial charge >= 0.3 is 0 Å². The van der Waals surface area contributed by atoms with E-state index in [2.05, 4.69) is 30.9 Å². The number of unbranched alkanes of at least 4 members (excludes halogenated alkanes) is 1. The van der Waals surface area contributed by atoms with E-state index in [0.717, 1.165) is 11.3 Å². The molecule has 0 aromatic rings. The SMILES string of the molecule is CCCCC(C)NCC1CCCS1. The summed E-state index contributed by atoms with van der Waals surface area (Å²) in [6.45, 7) is 5.81. The van der Waals surface area contributed by atoms with E-state index in [1.165, 1.54) is 44.4 Å². The van der Waals surface area contributed by atoms with Crippen LogP contribution >= 0.6 is 11.8 Å². The topological polar surface area (TPSA) is 12.0 Å². The first kappa shape index (κ1) is 11.4. The second kappa shape index (κ2) is 6.72. The molecule has 1 rings (SSSR count). The highest BCUT2D eigenvalue weighted by Crippen LogP contribution is 2.25. The van der Waals surface area contributed by atoms with Crippen LogP contribution in [0.25, 0.3) is 0 Å². The van der Waals surface area contributed by atoms with Gasteiger partial charge in [-0.05, 0) is 31.9 Å². The zero-order chi connectivity index (χ0) is 9.52. The van der Waals surface area contributed by atoms with Crippen molar-refractivity contribution < 1.29 is 0 Å². The van der Waals surface area contributed by atoms with Gasteiger partial charge in [0.15, 0.2) is 0 Å². The normalized spacial score (nSPS) is 24.9. The fourth-order valence-electron chi connectivity index (χ4n) is 1.75. The zero-order valence-electron chi connectivity index (χ0n) is 9.01. The van der Waals surface area contributed by atoms with Crippen molar-refractivity contribution in [3.8, 4) is 0 Å². The van der Waals surface area contributed by atoms with Crippen LogP contribution in [-0.2, 0) is 0 Å². The molecular weight excluding hydrogens is 178 g/mol. The van der Waals surface area contributed by atoms with Crippen molar-refractivity contribution in [1.82, 2.24) is 5.32 Å². The Bertz CT molecular complexity index is 121.